The van der Waals surface area contributed by atoms with Gasteiger partial charge in [-0.1, -0.05) is 36.8 Å². The van der Waals surface area contributed by atoms with Gasteiger partial charge in [0.05, 0.1) is 23.8 Å². The third-order valence-electron chi connectivity index (χ3n) is 7.04. The Kier molecular flexibility index (Phi) is 5.69. The Morgan fingerprint density at radius 2 is 1.74 bits per heavy atom. The SMILES string of the molecule is FC(F)(F)c1ccc2c(c1)[C@H]1O[C@@H](CN3CCCCC3)CC[C@H]1[C@H](c1ccccc1)N2. The molecule has 166 valence electrons. The fourth-order valence-electron chi connectivity index (χ4n) is 5.49. The second kappa shape index (κ2) is 8.47. The maximum absolute atomic E-state index is 13.4. The second-order valence-corrected chi connectivity index (χ2v) is 9.11. The summed E-state index contributed by atoms with van der Waals surface area (Å²) in [6.45, 7) is 3.06. The lowest BCUT2D eigenvalue weighted by Crippen LogP contribution is -2.44. The number of alkyl halides is 3. The number of ether oxygens (including phenoxy) is 1. The van der Waals surface area contributed by atoms with Crippen molar-refractivity contribution in [2.45, 2.75) is 56.5 Å². The molecule has 3 aliphatic heterocycles. The van der Waals surface area contributed by atoms with E-state index in [-0.39, 0.29) is 24.2 Å². The Balaban J connectivity index is 1.46. The molecule has 5 rings (SSSR count). The van der Waals surface area contributed by atoms with E-state index < -0.39 is 11.7 Å². The monoisotopic (exact) mass is 430 g/mol. The van der Waals surface area contributed by atoms with Crippen LogP contribution in [0.4, 0.5) is 18.9 Å². The molecule has 0 aromatic heterocycles. The van der Waals surface area contributed by atoms with Crippen LogP contribution in [0.5, 0.6) is 0 Å². The van der Waals surface area contributed by atoms with Crippen molar-refractivity contribution in [2.24, 2.45) is 5.92 Å². The van der Waals surface area contributed by atoms with Crippen molar-refractivity contribution in [3.8, 4) is 0 Å². The van der Waals surface area contributed by atoms with E-state index in [4.69, 9.17) is 4.74 Å². The number of fused-ring (bicyclic) bond motifs is 3. The van der Waals surface area contributed by atoms with Gasteiger partial charge in [0, 0.05) is 23.7 Å². The van der Waals surface area contributed by atoms with Gasteiger partial charge >= 0.3 is 6.18 Å². The molecular formula is C25H29F3N2O. The highest BCUT2D eigenvalue weighted by Crippen LogP contribution is 2.51. The summed E-state index contributed by atoms with van der Waals surface area (Å²) >= 11 is 0. The lowest BCUT2D eigenvalue weighted by atomic mass is 9.76. The average Bonchev–Trinajstić information content (AvgIpc) is 2.79. The lowest BCUT2D eigenvalue weighted by molar-refractivity contribution is -0.138. The highest BCUT2D eigenvalue weighted by atomic mass is 19.4. The van der Waals surface area contributed by atoms with Crippen molar-refractivity contribution in [2.75, 3.05) is 25.0 Å². The first kappa shape index (κ1) is 20.8. The molecule has 2 aromatic carbocycles. The molecule has 2 saturated heterocycles. The molecular weight excluding hydrogens is 401 g/mol. The molecule has 2 aromatic rings. The number of likely N-dealkylation sites (tertiary alicyclic amines) is 1. The first-order valence-corrected chi connectivity index (χ1v) is 11.4. The number of benzene rings is 2. The summed E-state index contributed by atoms with van der Waals surface area (Å²) < 4.78 is 46.9. The number of anilines is 1. The minimum atomic E-state index is -4.36. The number of hydrogen-bond donors (Lipinski definition) is 1. The van der Waals surface area contributed by atoms with Crippen LogP contribution >= 0.6 is 0 Å². The zero-order valence-corrected chi connectivity index (χ0v) is 17.6. The zero-order chi connectivity index (χ0) is 21.4. The number of hydrogen-bond acceptors (Lipinski definition) is 3. The molecule has 3 heterocycles. The summed E-state index contributed by atoms with van der Waals surface area (Å²) in [6.07, 6.45) is 0.978. The maximum atomic E-state index is 13.4. The van der Waals surface area contributed by atoms with Crippen molar-refractivity contribution in [1.82, 2.24) is 4.90 Å². The van der Waals surface area contributed by atoms with E-state index in [1.165, 1.54) is 31.4 Å². The highest BCUT2D eigenvalue weighted by molar-refractivity contribution is 5.58. The Bertz CT molecular complexity index is 895. The third kappa shape index (κ3) is 4.33. The topological polar surface area (TPSA) is 24.5 Å². The average molecular weight is 431 g/mol. The molecule has 3 nitrogen and oxygen atoms in total. The van der Waals surface area contributed by atoms with Crippen LogP contribution in [0.1, 0.15) is 60.9 Å². The van der Waals surface area contributed by atoms with Gasteiger partial charge in [0.2, 0.25) is 0 Å². The van der Waals surface area contributed by atoms with Crippen molar-refractivity contribution < 1.29 is 17.9 Å². The highest BCUT2D eigenvalue weighted by Gasteiger charge is 2.43. The molecule has 2 fully saturated rings. The molecule has 0 bridgehead atoms. The summed E-state index contributed by atoms with van der Waals surface area (Å²) in [5.74, 6) is 0.107. The molecule has 1 N–H and O–H groups in total. The van der Waals surface area contributed by atoms with Crippen LogP contribution in [0.15, 0.2) is 48.5 Å². The van der Waals surface area contributed by atoms with Crippen LogP contribution in [-0.4, -0.2) is 30.6 Å². The van der Waals surface area contributed by atoms with E-state index in [2.05, 4.69) is 22.3 Å². The van der Waals surface area contributed by atoms with Crippen molar-refractivity contribution in [3.05, 3.63) is 65.2 Å². The van der Waals surface area contributed by atoms with Gasteiger partial charge in [0.15, 0.2) is 0 Å². The molecule has 0 amide bonds. The Morgan fingerprint density at radius 1 is 0.968 bits per heavy atom. The normalized spacial score (nSPS) is 29.0. The predicted octanol–water partition coefficient (Wildman–Crippen LogP) is 6.19. The third-order valence-corrected chi connectivity index (χ3v) is 7.04. The Morgan fingerprint density at radius 3 is 2.48 bits per heavy atom. The summed E-state index contributed by atoms with van der Waals surface area (Å²) in [6, 6.07) is 14.3. The summed E-state index contributed by atoms with van der Waals surface area (Å²) in [4.78, 5) is 2.46. The molecule has 3 aliphatic rings. The van der Waals surface area contributed by atoms with Gasteiger partial charge in [0.25, 0.3) is 0 Å². The number of rotatable bonds is 3. The first-order valence-electron chi connectivity index (χ1n) is 11.4. The van der Waals surface area contributed by atoms with Crippen LogP contribution in [0.25, 0.3) is 0 Å². The van der Waals surface area contributed by atoms with Crippen molar-refractivity contribution >= 4 is 5.69 Å². The first-order chi connectivity index (χ1) is 15.0. The smallest absolute Gasteiger partial charge is 0.378 e. The van der Waals surface area contributed by atoms with E-state index in [0.29, 0.717) is 5.56 Å². The van der Waals surface area contributed by atoms with Crippen LogP contribution < -0.4 is 5.32 Å². The van der Waals surface area contributed by atoms with Gasteiger partial charge in [-0.25, -0.2) is 0 Å². The number of nitrogens with zero attached hydrogens (tertiary/aromatic N) is 1. The van der Waals surface area contributed by atoms with Crippen LogP contribution in [0, 0.1) is 5.92 Å². The second-order valence-electron chi connectivity index (χ2n) is 9.11. The number of halogens is 3. The van der Waals surface area contributed by atoms with E-state index >= 15 is 0 Å². The lowest BCUT2D eigenvalue weighted by Gasteiger charge is -2.46. The minimum absolute atomic E-state index is 0.0337. The molecule has 31 heavy (non-hydrogen) atoms. The summed E-state index contributed by atoms with van der Waals surface area (Å²) in [5.41, 5.74) is 1.95. The molecule has 0 saturated carbocycles. The van der Waals surface area contributed by atoms with E-state index in [0.717, 1.165) is 43.7 Å². The van der Waals surface area contributed by atoms with E-state index in [1.54, 1.807) is 6.07 Å². The molecule has 6 heteroatoms. The minimum Gasteiger partial charge on any atom is -0.378 e. The maximum Gasteiger partial charge on any atom is 0.416 e. The van der Waals surface area contributed by atoms with Crippen molar-refractivity contribution in [3.63, 3.8) is 0 Å². The Hall–Kier alpha value is -2.05. The molecule has 0 radical (unpaired) electrons. The molecule has 0 spiro atoms. The fraction of sp³-hybridized carbons (Fsp3) is 0.520. The molecule has 4 atom stereocenters. The molecule has 0 unspecified atom stereocenters. The molecule has 0 aliphatic carbocycles. The van der Waals surface area contributed by atoms with Crippen LogP contribution in [-0.2, 0) is 10.9 Å². The fourth-order valence-corrected chi connectivity index (χ4v) is 5.49. The standard InChI is InChI=1S/C25H29F3N2O/c26-25(27,28)18-9-12-22-21(15-18)24-20(23(29-22)17-7-3-1-4-8-17)11-10-19(31-24)16-30-13-5-2-6-14-30/h1,3-4,7-9,12,15,19-20,23-24,29H,2,5-6,10-11,13-14,16H2/t19-,20+,23+,24+/m1/s1. The summed E-state index contributed by atoms with van der Waals surface area (Å²) in [5, 5.41) is 3.53. The van der Waals surface area contributed by atoms with E-state index in [1.807, 2.05) is 18.2 Å². The van der Waals surface area contributed by atoms with Crippen LogP contribution in [0.2, 0.25) is 0 Å². The number of nitrogens with one attached hydrogen (secondary N) is 1. The zero-order valence-electron chi connectivity index (χ0n) is 17.6. The largest absolute Gasteiger partial charge is 0.416 e. The quantitative estimate of drug-likeness (QED) is 0.628. The van der Waals surface area contributed by atoms with Crippen LogP contribution in [0.3, 0.4) is 0 Å². The number of piperidine rings is 1. The van der Waals surface area contributed by atoms with Gasteiger partial charge in [-0.2, -0.15) is 13.2 Å². The van der Waals surface area contributed by atoms with E-state index in [9.17, 15) is 13.2 Å². The van der Waals surface area contributed by atoms with Crippen molar-refractivity contribution in [1.29, 1.82) is 0 Å². The Labute approximate surface area is 181 Å². The van der Waals surface area contributed by atoms with Gasteiger partial charge < -0.3 is 15.0 Å². The van der Waals surface area contributed by atoms with Gasteiger partial charge in [-0.15, -0.1) is 0 Å². The van der Waals surface area contributed by atoms with Gasteiger partial charge in [-0.3, -0.25) is 0 Å². The van der Waals surface area contributed by atoms with Gasteiger partial charge in [-0.05, 0) is 62.5 Å². The summed E-state index contributed by atoms with van der Waals surface area (Å²) in [7, 11) is 0. The van der Waals surface area contributed by atoms with Gasteiger partial charge in [0.1, 0.15) is 0 Å². The predicted molar refractivity (Wildman–Crippen MR) is 115 cm³/mol.